The molecule has 0 atom stereocenters. The van der Waals surface area contributed by atoms with Crippen LogP contribution in [0.4, 0.5) is 4.79 Å². The summed E-state index contributed by atoms with van der Waals surface area (Å²) >= 11 is 0. The molecule has 5 nitrogen and oxygen atoms in total. The first kappa shape index (κ1) is 20.9. The predicted octanol–water partition coefficient (Wildman–Crippen LogP) is 3.23. The van der Waals surface area contributed by atoms with Crippen LogP contribution in [0.1, 0.15) is 59.3 Å². The van der Waals surface area contributed by atoms with Gasteiger partial charge in [0.05, 0.1) is 6.61 Å². The Labute approximate surface area is 135 Å². The van der Waals surface area contributed by atoms with E-state index in [2.05, 4.69) is 5.32 Å². The summed E-state index contributed by atoms with van der Waals surface area (Å²) in [5, 5.41) is 3.09. The highest BCUT2D eigenvalue weighted by Crippen LogP contribution is 2.29. The zero-order valence-corrected chi connectivity index (χ0v) is 14.8. The summed E-state index contributed by atoms with van der Waals surface area (Å²) in [5.74, 6) is 1.26. The van der Waals surface area contributed by atoms with Crippen molar-refractivity contribution in [2.24, 2.45) is 5.92 Å². The summed E-state index contributed by atoms with van der Waals surface area (Å²) < 4.78 is 4.87. The number of amides is 1. The van der Waals surface area contributed by atoms with Gasteiger partial charge in [-0.1, -0.05) is 33.1 Å². The molecular weight excluding hydrogens is 280 g/mol. The van der Waals surface area contributed by atoms with Crippen LogP contribution in [-0.4, -0.2) is 50.1 Å². The SMILES string of the molecule is CC.CCOC(=O)N(C)CCC1CCC1.O=C1CCNCC1. The first-order valence-corrected chi connectivity index (χ1v) is 8.73. The average molecular weight is 314 g/mol. The molecule has 1 saturated heterocycles. The molecule has 1 heterocycles. The molecule has 0 aromatic heterocycles. The third-order valence-corrected chi connectivity index (χ3v) is 3.84. The largest absolute Gasteiger partial charge is 0.450 e. The number of rotatable bonds is 4. The van der Waals surface area contributed by atoms with E-state index in [4.69, 9.17) is 4.74 Å². The van der Waals surface area contributed by atoms with E-state index >= 15 is 0 Å². The first-order chi connectivity index (χ1) is 10.6. The first-order valence-electron chi connectivity index (χ1n) is 8.73. The van der Waals surface area contributed by atoms with Gasteiger partial charge in [-0.25, -0.2) is 4.79 Å². The minimum atomic E-state index is -0.193. The normalized spacial score (nSPS) is 17.2. The lowest BCUT2D eigenvalue weighted by Crippen LogP contribution is -2.30. The topological polar surface area (TPSA) is 58.6 Å². The lowest BCUT2D eigenvalue weighted by atomic mass is 9.83. The molecule has 5 heteroatoms. The summed E-state index contributed by atoms with van der Waals surface area (Å²) in [6.07, 6.45) is 6.47. The Morgan fingerprint density at radius 2 is 1.86 bits per heavy atom. The van der Waals surface area contributed by atoms with Crippen LogP contribution in [0.5, 0.6) is 0 Å². The molecule has 0 radical (unpaired) electrons. The quantitative estimate of drug-likeness (QED) is 0.865. The number of ether oxygens (including phenoxy) is 1. The van der Waals surface area contributed by atoms with Gasteiger partial charge in [-0.15, -0.1) is 0 Å². The molecule has 2 fully saturated rings. The highest BCUT2D eigenvalue weighted by atomic mass is 16.5. The van der Waals surface area contributed by atoms with Crippen LogP contribution in [0.25, 0.3) is 0 Å². The van der Waals surface area contributed by atoms with Gasteiger partial charge in [-0.2, -0.15) is 0 Å². The summed E-state index contributed by atoms with van der Waals surface area (Å²) in [7, 11) is 1.80. The van der Waals surface area contributed by atoms with Crippen molar-refractivity contribution in [1.29, 1.82) is 0 Å². The molecule has 2 rings (SSSR count). The van der Waals surface area contributed by atoms with Gasteiger partial charge in [0, 0.05) is 39.5 Å². The standard InChI is InChI=1S/C10H19NO2.C5H9NO.C2H6/c1-3-13-10(12)11(2)8-7-9-5-4-6-9;7-5-1-3-6-4-2-5;1-2/h9H,3-8H2,1-2H3;6H,1-4H2;1-2H3. The smallest absolute Gasteiger partial charge is 0.409 e. The number of nitrogens with zero attached hydrogens (tertiary/aromatic N) is 1. The van der Waals surface area contributed by atoms with Crippen LogP contribution in [0, 0.1) is 5.92 Å². The number of ketones is 1. The Morgan fingerprint density at radius 3 is 2.23 bits per heavy atom. The van der Waals surface area contributed by atoms with Gasteiger partial charge in [0.15, 0.2) is 0 Å². The van der Waals surface area contributed by atoms with Crippen LogP contribution < -0.4 is 5.32 Å². The maximum Gasteiger partial charge on any atom is 0.409 e. The number of piperidine rings is 1. The fourth-order valence-corrected chi connectivity index (χ4v) is 2.19. The summed E-state index contributed by atoms with van der Waals surface area (Å²) in [4.78, 5) is 23.3. The molecule has 1 amide bonds. The molecule has 0 spiro atoms. The lowest BCUT2D eigenvalue weighted by molar-refractivity contribution is -0.119. The highest BCUT2D eigenvalue weighted by Gasteiger charge is 2.18. The molecule has 0 aromatic carbocycles. The number of nitrogens with one attached hydrogen (secondary N) is 1. The molecule has 130 valence electrons. The Morgan fingerprint density at radius 1 is 1.27 bits per heavy atom. The average Bonchev–Trinajstić information content (AvgIpc) is 2.49. The van der Waals surface area contributed by atoms with Gasteiger partial charge < -0.3 is 15.0 Å². The minimum Gasteiger partial charge on any atom is -0.450 e. The molecule has 0 aromatic rings. The van der Waals surface area contributed by atoms with Crippen molar-refractivity contribution in [3.05, 3.63) is 0 Å². The monoisotopic (exact) mass is 314 g/mol. The van der Waals surface area contributed by atoms with Gasteiger partial charge in [-0.3, -0.25) is 4.79 Å². The summed E-state index contributed by atoms with van der Waals surface area (Å²) in [6.45, 7) is 8.91. The van der Waals surface area contributed by atoms with E-state index in [-0.39, 0.29) is 6.09 Å². The molecular formula is C17H34N2O3. The second kappa shape index (κ2) is 13.6. The fourth-order valence-electron chi connectivity index (χ4n) is 2.19. The Bertz CT molecular complexity index is 296. The Balaban J connectivity index is 0.000000412. The van der Waals surface area contributed by atoms with E-state index in [1.54, 1.807) is 11.9 Å². The van der Waals surface area contributed by atoms with Gasteiger partial charge in [-0.05, 0) is 19.3 Å². The summed E-state index contributed by atoms with van der Waals surface area (Å²) in [5.41, 5.74) is 0. The molecule has 1 saturated carbocycles. The Kier molecular flexibility index (Phi) is 12.9. The maximum absolute atomic E-state index is 11.2. The molecule has 22 heavy (non-hydrogen) atoms. The van der Waals surface area contributed by atoms with Gasteiger partial charge in [0.1, 0.15) is 5.78 Å². The van der Waals surface area contributed by atoms with Gasteiger partial charge >= 0.3 is 6.09 Å². The van der Waals surface area contributed by atoms with Crippen molar-refractivity contribution in [1.82, 2.24) is 10.2 Å². The van der Waals surface area contributed by atoms with Crippen molar-refractivity contribution in [2.75, 3.05) is 33.3 Å². The number of carbonyl (C=O) groups excluding carboxylic acids is 2. The van der Waals surface area contributed by atoms with Crippen molar-refractivity contribution in [3.63, 3.8) is 0 Å². The number of carbonyl (C=O) groups is 2. The van der Waals surface area contributed by atoms with Crippen molar-refractivity contribution >= 4 is 11.9 Å². The van der Waals surface area contributed by atoms with Crippen LogP contribution in [-0.2, 0) is 9.53 Å². The number of Topliss-reactive ketones (excluding diaryl/α,β-unsaturated/α-hetero) is 1. The molecule has 0 unspecified atom stereocenters. The third-order valence-electron chi connectivity index (χ3n) is 3.84. The van der Waals surface area contributed by atoms with E-state index in [1.807, 2.05) is 20.8 Å². The number of hydrogen-bond acceptors (Lipinski definition) is 4. The zero-order valence-electron chi connectivity index (χ0n) is 14.8. The van der Waals surface area contributed by atoms with Crippen molar-refractivity contribution < 1.29 is 14.3 Å². The van der Waals surface area contributed by atoms with Crippen molar-refractivity contribution in [2.45, 2.75) is 59.3 Å². The van der Waals surface area contributed by atoms with E-state index in [1.165, 1.54) is 19.3 Å². The number of hydrogen-bond donors (Lipinski definition) is 1. The molecule has 1 aliphatic carbocycles. The molecule has 2 aliphatic rings. The van der Waals surface area contributed by atoms with Gasteiger partial charge in [0.2, 0.25) is 0 Å². The van der Waals surface area contributed by atoms with Crippen LogP contribution in [0.15, 0.2) is 0 Å². The van der Waals surface area contributed by atoms with Crippen LogP contribution in [0.3, 0.4) is 0 Å². The zero-order chi connectivity index (χ0) is 16.8. The van der Waals surface area contributed by atoms with E-state index in [9.17, 15) is 9.59 Å². The van der Waals surface area contributed by atoms with Gasteiger partial charge in [0.25, 0.3) is 0 Å². The predicted molar refractivity (Wildman–Crippen MR) is 90.1 cm³/mol. The lowest BCUT2D eigenvalue weighted by Gasteiger charge is -2.27. The van der Waals surface area contributed by atoms with Crippen molar-refractivity contribution in [3.8, 4) is 0 Å². The summed E-state index contributed by atoms with van der Waals surface area (Å²) in [6, 6.07) is 0. The van der Waals surface area contributed by atoms with E-state index < -0.39 is 0 Å². The second-order valence-corrected chi connectivity index (χ2v) is 5.49. The van der Waals surface area contributed by atoms with E-state index in [0.717, 1.165) is 44.8 Å². The molecule has 1 aliphatic heterocycles. The van der Waals surface area contributed by atoms with E-state index in [0.29, 0.717) is 12.4 Å². The third kappa shape index (κ3) is 9.77. The van der Waals surface area contributed by atoms with Crippen LogP contribution >= 0.6 is 0 Å². The molecule has 1 N–H and O–H groups in total. The Hall–Kier alpha value is -1.10. The van der Waals surface area contributed by atoms with Crippen LogP contribution in [0.2, 0.25) is 0 Å². The maximum atomic E-state index is 11.2. The highest BCUT2D eigenvalue weighted by molar-refractivity contribution is 5.79. The second-order valence-electron chi connectivity index (χ2n) is 5.49. The minimum absolute atomic E-state index is 0.193. The fraction of sp³-hybridized carbons (Fsp3) is 0.882. The molecule has 0 bridgehead atoms.